The highest BCUT2D eigenvalue weighted by Crippen LogP contribution is 2.17. The summed E-state index contributed by atoms with van der Waals surface area (Å²) in [4.78, 5) is 12.3. The lowest BCUT2D eigenvalue weighted by Gasteiger charge is -2.36. The number of carbonyl (C=O) groups excluding carboxylic acids is 1. The van der Waals surface area contributed by atoms with Crippen LogP contribution in [0.5, 0.6) is 0 Å². The van der Waals surface area contributed by atoms with Gasteiger partial charge in [0, 0.05) is 17.6 Å². The molecule has 0 unspecified atom stereocenters. The normalized spacial score (nSPS) is 27.0. The lowest BCUT2D eigenvalue weighted by atomic mass is 9.89. The number of nitrogens with one attached hydrogen (secondary N) is 2. The maximum Gasteiger partial charge on any atom is 0.251 e. The van der Waals surface area contributed by atoms with Crippen molar-refractivity contribution in [3.05, 3.63) is 35.4 Å². The van der Waals surface area contributed by atoms with Crippen LogP contribution in [-0.4, -0.2) is 29.6 Å². The van der Waals surface area contributed by atoms with Gasteiger partial charge in [-0.25, -0.2) is 0 Å². The smallest absolute Gasteiger partial charge is 0.251 e. The predicted octanol–water partition coefficient (Wildman–Crippen LogP) is 1.30. The second-order valence-electron chi connectivity index (χ2n) is 5.37. The van der Waals surface area contributed by atoms with Gasteiger partial charge in [0.2, 0.25) is 0 Å². The predicted molar refractivity (Wildman–Crippen MR) is 74.9 cm³/mol. The third kappa shape index (κ3) is 3.33. The molecule has 19 heavy (non-hydrogen) atoms. The zero-order valence-corrected chi connectivity index (χ0v) is 11.5. The number of piperidine rings is 1. The summed E-state index contributed by atoms with van der Waals surface area (Å²) in [7, 11) is 0. The van der Waals surface area contributed by atoms with Crippen molar-refractivity contribution in [3.63, 3.8) is 0 Å². The Balaban J connectivity index is 2.07. The topological polar surface area (TPSA) is 61.4 Å². The lowest BCUT2D eigenvalue weighted by Crippen LogP contribution is -2.55. The molecular weight excluding hydrogens is 240 g/mol. The van der Waals surface area contributed by atoms with Crippen molar-refractivity contribution in [2.24, 2.45) is 5.92 Å². The van der Waals surface area contributed by atoms with Gasteiger partial charge < -0.3 is 15.7 Å². The summed E-state index contributed by atoms with van der Waals surface area (Å²) in [6, 6.07) is 7.56. The van der Waals surface area contributed by atoms with E-state index >= 15 is 0 Å². The van der Waals surface area contributed by atoms with Gasteiger partial charge in [-0.3, -0.25) is 4.79 Å². The quantitative estimate of drug-likeness (QED) is 0.769. The molecule has 0 saturated carbocycles. The van der Waals surface area contributed by atoms with Crippen LogP contribution in [0.3, 0.4) is 0 Å². The van der Waals surface area contributed by atoms with Crippen molar-refractivity contribution < 1.29 is 9.90 Å². The standard InChI is InChI=1S/C15H22N2O2/c1-10-6-7-16-11(2)14(10)17-15(19)13-5-3-4-12(8-13)9-18/h3-5,8,10-11,14,16,18H,6-7,9H2,1-2H3,(H,17,19)/t10-,11+,14-/m1/s1. The summed E-state index contributed by atoms with van der Waals surface area (Å²) >= 11 is 0. The van der Waals surface area contributed by atoms with Gasteiger partial charge in [0.15, 0.2) is 0 Å². The van der Waals surface area contributed by atoms with Gasteiger partial charge in [0.25, 0.3) is 5.91 Å². The molecule has 1 aliphatic rings. The molecule has 1 aliphatic heterocycles. The van der Waals surface area contributed by atoms with Crippen molar-refractivity contribution in [2.45, 2.75) is 39.0 Å². The second kappa shape index (κ2) is 6.17. The fourth-order valence-electron chi connectivity index (χ4n) is 2.65. The van der Waals surface area contributed by atoms with Crippen molar-refractivity contribution in [1.82, 2.24) is 10.6 Å². The molecule has 1 aromatic rings. The average Bonchev–Trinajstić information content (AvgIpc) is 2.43. The summed E-state index contributed by atoms with van der Waals surface area (Å²) in [6.45, 7) is 5.24. The van der Waals surface area contributed by atoms with Crippen molar-refractivity contribution >= 4 is 5.91 Å². The minimum Gasteiger partial charge on any atom is -0.392 e. The molecule has 0 aliphatic carbocycles. The molecule has 2 rings (SSSR count). The molecule has 104 valence electrons. The first-order valence-electron chi connectivity index (χ1n) is 6.86. The summed E-state index contributed by atoms with van der Waals surface area (Å²) in [5, 5.41) is 15.6. The van der Waals surface area contributed by atoms with Crippen LogP contribution in [0, 0.1) is 5.92 Å². The third-order valence-electron chi connectivity index (χ3n) is 3.89. The number of hydrogen-bond donors (Lipinski definition) is 3. The van der Waals surface area contributed by atoms with Gasteiger partial charge in [-0.2, -0.15) is 0 Å². The van der Waals surface area contributed by atoms with Gasteiger partial charge in [-0.1, -0.05) is 19.1 Å². The van der Waals surface area contributed by atoms with E-state index in [0.29, 0.717) is 11.5 Å². The summed E-state index contributed by atoms with van der Waals surface area (Å²) in [6.07, 6.45) is 1.08. The minimum atomic E-state index is -0.0669. The van der Waals surface area contributed by atoms with E-state index in [4.69, 9.17) is 5.11 Å². The highest BCUT2D eigenvalue weighted by Gasteiger charge is 2.28. The molecule has 0 bridgehead atoms. The molecule has 1 heterocycles. The molecule has 3 atom stereocenters. The largest absolute Gasteiger partial charge is 0.392 e. The van der Waals surface area contributed by atoms with Gasteiger partial charge in [-0.05, 0) is 43.5 Å². The first kappa shape index (κ1) is 14.0. The number of rotatable bonds is 3. The Kier molecular flexibility index (Phi) is 4.56. The van der Waals surface area contributed by atoms with Crippen LogP contribution in [0.15, 0.2) is 24.3 Å². The van der Waals surface area contributed by atoms with E-state index in [1.165, 1.54) is 0 Å². The van der Waals surface area contributed by atoms with Crippen LogP contribution in [0.25, 0.3) is 0 Å². The van der Waals surface area contributed by atoms with Gasteiger partial charge >= 0.3 is 0 Å². The van der Waals surface area contributed by atoms with Crippen molar-refractivity contribution in [1.29, 1.82) is 0 Å². The number of amides is 1. The Morgan fingerprint density at radius 3 is 2.95 bits per heavy atom. The number of carbonyl (C=O) groups is 1. The van der Waals surface area contributed by atoms with Gasteiger partial charge in [0.05, 0.1) is 6.61 Å². The summed E-state index contributed by atoms with van der Waals surface area (Å²) in [5.41, 5.74) is 1.37. The van der Waals surface area contributed by atoms with E-state index < -0.39 is 0 Å². The average molecular weight is 262 g/mol. The van der Waals surface area contributed by atoms with Gasteiger partial charge in [0.1, 0.15) is 0 Å². The first-order chi connectivity index (χ1) is 9.11. The zero-order chi connectivity index (χ0) is 13.8. The Labute approximate surface area is 114 Å². The Bertz CT molecular complexity index is 438. The maximum absolute atomic E-state index is 12.3. The van der Waals surface area contributed by atoms with Crippen LogP contribution < -0.4 is 10.6 Å². The molecular formula is C15H22N2O2. The molecule has 0 aromatic heterocycles. The molecule has 1 amide bonds. The molecule has 3 N–H and O–H groups in total. The molecule has 1 fully saturated rings. The number of benzene rings is 1. The van der Waals surface area contributed by atoms with Crippen LogP contribution in [0.2, 0.25) is 0 Å². The maximum atomic E-state index is 12.3. The summed E-state index contributed by atoms with van der Waals surface area (Å²) in [5.74, 6) is 0.406. The molecule has 0 spiro atoms. The molecule has 4 heteroatoms. The minimum absolute atomic E-state index is 0.0427. The van der Waals surface area contributed by atoms with Crippen LogP contribution in [0.4, 0.5) is 0 Å². The Hall–Kier alpha value is -1.39. The first-order valence-corrected chi connectivity index (χ1v) is 6.86. The highest BCUT2D eigenvalue weighted by molar-refractivity contribution is 5.94. The van der Waals surface area contributed by atoms with Gasteiger partial charge in [-0.15, -0.1) is 0 Å². The van der Waals surface area contributed by atoms with E-state index in [2.05, 4.69) is 24.5 Å². The van der Waals surface area contributed by atoms with E-state index in [9.17, 15) is 4.79 Å². The number of hydrogen-bond acceptors (Lipinski definition) is 3. The highest BCUT2D eigenvalue weighted by atomic mass is 16.3. The third-order valence-corrected chi connectivity index (χ3v) is 3.89. The number of aliphatic hydroxyl groups is 1. The molecule has 1 aromatic carbocycles. The van der Waals surface area contributed by atoms with E-state index in [1.54, 1.807) is 18.2 Å². The number of aliphatic hydroxyl groups excluding tert-OH is 1. The Morgan fingerprint density at radius 1 is 1.47 bits per heavy atom. The van der Waals surface area contributed by atoms with Crippen LogP contribution in [0.1, 0.15) is 36.2 Å². The molecule has 4 nitrogen and oxygen atoms in total. The van der Waals surface area contributed by atoms with E-state index in [-0.39, 0.29) is 24.6 Å². The molecule has 1 saturated heterocycles. The molecule has 0 radical (unpaired) electrons. The summed E-state index contributed by atoms with van der Waals surface area (Å²) < 4.78 is 0. The van der Waals surface area contributed by atoms with Crippen molar-refractivity contribution in [3.8, 4) is 0 Å². The van der Waals surface area contributed by atoms with Crippen LogP contribution in [-0.2, 0) is 6.61 Å². The fourth-order valence-corrected chi connectivity index (χ4v) is 2.65. The monoisotopic (exact) mass is 262 g/mol. The zero-order valence-electron chi connectivity index (χ0n) is 11.5. The van der Waals surface area contributed by atoms with E-state index in [1.807, 2.05) is 6.07 Å². The lowest BCUT2D eigenvalue weighted by molar-refractivity contribution is 0.0897. The second-order valence-corrected chi connectivity index (χ2v) is 5.37. The van der Waals surface area contributed by atoms with Crippen LogP contribution >= 0.6 is 0 Å². The Morgan fingerprint density at radius 2 is 2.26 bits per heavy atom. The van der Waals surface area contributed by atoms with Crippen molar-refractivity contribution in [2.75, 3.05) is 6.54 Å². The van der Waals surface area contributed by atoms with E-state index in [0.717, 1.165) is 18.5 Å². The SMILES string of the molecule is C[C@@H]1CCN[C@@H](C)[C@@H]1NC(=O)c1cccc(CO)c1. The fraction of sp³-hybridized carbons (Fsp3) is 0.533.